The summed E-state index contributed by atoms with van der Waals surface area (Å²) in [6.07, 6.45) is 1.74. The highest BCUT2D eigenvalue weighted by Crippen LogP contribution is 2.18. The lowest BCUT2D eigenvalue weighted by Gasteiger charge is -2.33. The van der Waals surface area contributed by atoms with Crippen LogP contribution in [0.1, 0.15) is 23.4 Å². The first-order valence-corrected chi connectivity index (χ1v) is 11.7. The molecule has 12 heteroatoms. The molecular weight excluding hydrogens is 457 g/mol. The summed E-state index contributed by atoms with van der Waals surface area (Å²) in [4.78, 5) is 37.2. The van der Waals surface area contributed by atoms with Crippen LogP contribution in [0.15, 0.2) is 52.0 Å². The van der Waals surface area contributed by atoms with E-state index in [0.717, 1.165) is 12.1 Å². The molecule has 1 N–H and O–H groups in total. The molecule has 2 amide bonds. The number of benzene rings is 1. The van der Waals surface area contributed by atoms with Gasteiger partial charge in [-0.2, -0.15) is 4.31 Å². The Morgan fingerprint density at radius 1 is 1.06 bits per heavy atom. The lowest BCUT2D eigenvalue weighted by atomic mass is 10.3. The van der Waals surface area contributed by atoms with Crippen LogP contribution >= 0.6 is 0 Å². The van der Waals surface area contributed by atoms with Crippen LogP contribution in [0.25, 0.3) is 0 Å². The molecule has 10 nitrogen and oxygen atoms in total. The molecule has 1 aromatic heterocycles. The molecule has 178 valence electrons. The summed E-state index contributed by atoms with van der Waals surface area (Å²) in [6, 6.07) is 7.66. The van der Waals surface area contributed by atoms with Crippen molar-refractivity contribution in [2.75, 3.05) is 39.3 Å². The van der Waals surface area contributed by atoms with Gasteiger partial charge in [-0.25, -0.2) is 12.8 Å². The van der Waals surface area contributed by atoms with Crippen LogP contribution in [-0.2, 0) is 24.3 Å². The Labute approximate surface area is 190 Å². The number of piperazine rings is 1. The number of sulfonamides is 1. The number of furan rings is 1. The van der Waals surface area contributed by atoms with Crippen LogP contribution in [0.3, 0.4) is 0 Å². The van der Waals surface area contributed by atoms with E-state index >= 15 is 0 Å². The fourth-order valence-electron chi connectivity index (χ4n) is 3.17. The third-order valence-corrected chi connectivity index (χ3v) is 6.90. The average molecular weight is 482 g/mol. The van der Waals surface area contributed by atoms with Crippen LogP contribution in [0, 0.1) is 5.82 Å². The maximum Gasteiger partial charge on any atom is 0.306 e. The number of amides is 2. The van der Waals surface area contributed by atoms with Gasteiger partial charge in [0.15, 0.2) is 12.4 Å². The predicted molar refractivity (Wildman–Crippen MR) is 113 cm³/mol. The molecule has 3 rings (SSSR count). The van der Waals surface area contributed by atoms with E-state index < -0.39 is 34.3 Å². The number of esters is 1. The SMILES string of the molecule is O=C(CCCNC(=O)c1ccco1)OCC(=O)N1CCN(S(=O)(=O)c2ccc(F)cc2)CC1. The Hall–Kier alpha value is -3.25. The van der Waals surface area contributed by atoms with Gasteiger partial charge in [0, 0.05) is 39.1 Å². The summed E-state index contributed by atoms with van der Waals surface area (Å²) in [5.74, 6) is -1.74. The number of halogens is 1. The van der Waals surface area contributed by atoms with Gasteiger partial charge in [0.2, 0.25) is 10.0 Å². The minimum atomic E-state index is -3.78. The van der Waals surface area contributed by atoms with E-state index in [1.165, 1.54) is 33.7 Å². The van der Waals surface area contributed by atoms with E-state index in [2.05, 4.69) is 5.32 Å². The summed E-state index contributed by atoms with van der Waals surface area (Å²) >= 11 is 0. The zero-order valence-electron chi connectivity index (χ0n) is 17.7. The summed E-state index contributed by atoms with van der Waals surface area (Å²) in [7, 11) is -3.78. The smallest absolute Gasteiger partial charge is 0.306 e. The maximum atomic E-state index is 13.0. The molecule has 0 bridgehead atoms. The Bertz CT molecular complexity index is 1060. The average Bonchev–Trinajstić information content (AvgIpc) is 3.36. The van der Waals surface area contributed by atoms with E-state index in [4.69, 9.17) is 9.15 Å². The van der Waals surface area contributed by atoms with Crippen molar-refractivity contribution in [3.05, 3.63) is 54.2 Å². The van der Waals surface area contributed by atoms with Gasteiger partial charge in [-0.1, -0.05) is 0 Å². The van der Waals surface area contributed by atoms with Gasteiger partial charge in [-0.15, -0.1) is 0 Å². The van der Waals surface area contributed by atoms with Gasteiger partial charge >= 0.3 is 5.97 Å². The first-order valence-electron chi connectivity index (χ1n) is 10.3. The fraction of sp³-hybridized carbons (Fsp3) is 0.381. The lowest BCUT2D eigenvalue weighted by Crippen LogP contribution is -2.51. The molecule has 0 aliphatic carbocycles. The number of nitrogens with one attached hydrogen (secondary N) is 1. The predicted octanol–water partition coefficient (Wildman–Crippen LogP) is 1.00. The fourth-order valence-corrected chi connectivity index (χ4v) is 4.59. The first kappa shape index (κ1) is 24.4. The summed E-state index contributed by atoms with van der Waals surface area (Å²) in [6.45, 7) is 0.254. The van der Waals surface area contributed by atoms with Crippen LogP contribution in [0.2, 0.25) is 0 Å². The lowest BCUT2D eigenvalue weighted by molar-refractivity contribution is -0.152. The topological polar surface area (TPSA) is 126 Å². The van der Waals surface area contributed by atoms with Crippen molar-refractivity contribution < 1.29 is 36.3 Å². The molecule has 1 aromatic carbocycles. The summed E-state index contributed by atoms with van der Waals surface area (Å²) in [5, 5.41) is 2.60. The van der Waals surface area contributed by atoms with Crippen molar-refractivity contribution >= 4 is 27.8 Å². The van der Waals surface area contributed by atoms with Crippen molar-refractivity contribution in [2.24, 2.45) is 0 Å². The van der Waals surface area contributed by atoms with Gasteiger partial charge < -0.3 is 19.4 Å². The van der Waals surface area contributed by atoms with E-state index in [1.807, 2.05) is 0 Å². The second kappa shape index (κ2) is 11.1. The zero-order chi connectivity index (χ0) is 23.8. The summed E-state index contributed by atoms with van der Waals surface area (Å²) < 4.78 is 49.5. The zero-order valence-corrected chi connectivity index (χ0v) is 18.6. The third-order valence-electron chi connectivity index (χ3n) is 4.99. The van der Waals surface area contributed by atoms with Crippen molar-refractivity contribution in [1.29, 1.82) is 0 Å². The van der Waals surface area contributed by atoms with Crippen molar-refractivity contribution in [2.45, 2.75) is 17.7 Å². The van der Waals surface area contributed by atoms with Crippen molar-refractivity contribution in [3.8, 4) is 0 Å². The molecule has 2 aromatic rings. The number of carbonyl (C=O) groups excluding carboxylic acids is 3. The molecule has 1 fully saturated rings. The highest BCUT2D eigenvalue weighted by molar-refractivity contribution is 7.89. The Morgan fingerprint density at radius 3 is 2.39 bits per heavy atom. The largest absolute Gasteiger partial charge is 0.459 e. The standard InChI is InChI=1S/C21H24FN3O7S/c22-16-5-7-17(8-6-16)33(29,30)25-12-10-24(11-13-25)19(26)15-32-20(27)4-1-9-23-21(28)18-3-2-14-31-18/h2-3,5-8,14H,1,4,9-13,15H2,(H,23,28). The molecule has 0 radical (unpaired) electrons. The number of ether oxygens (including phenoxy) is 1. The number of hydrogen-bond donors (Lipinski definition) is 1. The molecular formula is C21H24FN3O7S. The molecule has 33 heavy (non-hydrogen) atoms. The Morgan fingerprint density at radius 2 is 1.76 bits per heavy atom. The highest BCUT2D eigenvalue weighted by Gasteiger charge is 2.30. The molecule has 1 saturated heterocycles. The first-order chi connectivity index (χ1) is 15.8. The normalized spacial score (nSPS) is 14.6. The van der Waals surface area contributed by atoms with Crippen LogP contribution < -0.4 is 5.32 Å². The van der Waals surface area contributed by atoms with Crippen molar-refractivity contribution in [3.63, 3.8) is 0 Å². The molecule has 1 aliphatic rings. The maximum absolute atomic E-state index is 13.0. The summed E-state index contributed by atoms with van der Waals surface area (Å²) in [5.41, 5.74) is 0. The number of rotatable bonds is 9. The van der Waals surface area contributed by atoms with Gasteiger partial charge in [0.05, 0.1) is 11.2 Å². The van der Waals surface area contributed by atoms with Crippen LogP contribution in [-0.4, -0.2) is 74.7 Å². The highest BCUT2D eigenvalue weighted by atomic mass is 32.2. The van der Waals surface area contributed by atoms with E-state index in [-0.39, 0.29) is 55.7 Å². The number of nitrogens with zero attached hydrogens (tertiary/aromatic N) is 2. The monoisotopic (exact) mass is 481 g/mol. The second-order valence-corrected chi connectivity index (χ2v) is 9.17. The Balaban J connectivity index is 1.34. The molecule has 1 aliphatic heterocycles. The molecule has 0 spiro atoms. The van der Waals surface area contributed by atoms with Crippen molar-refractivity contribution in [1.82, 2.24) is 14.5 Å². The molecule has 0 atom stereocenters. The number of carbonyl (C=O) groups is 3. The number of hydrogen-bond acceptors (Lipinski definition) is 7. The molecule has 0 saturated carbocycles. The quantitative estimate of drug-likeness (QED) is 0.418. The second-order valence-electron chi connectivity index (χ2n) is 7.24. The van der Waals surface area contributed by atoms with Crippen LogP contribution in [0.4, 0.5) is 4.39 Å². The minimum Gasteiger partial charge on any atom is -0.459 e. The van der Waals surface area contributed by atoms with Gasteiger partial charge in [-0.05, 0) is 42.8 Å². The van der Waals surface area contributed by atoms with E-state index in [0.29, 0.717) is 6.42 Å². The molecule has 2 heterocycles. The van der Waals surface area contributed by atoms with E-state index in [1.54, 1.807) is 6.07 Å². The molecule has 0 unspecified atom stereocenters. The van der Waals surface area contributed by atoms with Gasteiger partial charge in [-0.3, -0.25) is 14.4 Å². The van der Waals surface area contributed by atoms with Gasteiger partial charge in [0.1, 0.15) is 5.82 Å². The van der Waals surface area contributed by atoms with E-state index in [9.17, 15) is 27.2 Å². The minimum absolute atomic E-state index is 0.0158. The Kier molecular flexibility index (Phi) is 8.17. The van der Waals surface area contributed by atoms with Gasteiger partial charge in [0.25, 0.3) is 11.8 Å². The van der Waals surface area contributed by atoms with Crippen LogP contribution in [0.5, 0.6) is 0 Å². The third kappa shape index (κ3) is 6.62.